The van der Waals surface area contributed by atoms with Crippen molar-refractivity contribution in [3.63, 3.8) is 0 Å². The number of hydrogen-bond acceptors (Lipinski definition) is 5. The molecule has 5 N–H and O–H groups in total. The molecule has 1 heterocycles. The molecule has 0 saturated heterocycles. The van der Waals surface area contributed by atoms with Crippen molar-refractivity contribution in [2.24, 2.45) is 0 Å². The number of H-pyrrole nitrogens is 1. The number of alkyl carbamates (subject to hydrolysis) is 1. The minimum Gasteiger partial charge on any atom is -0.508 e. The van der Waals surface area contributed by atoms with Crippen molar-refractivity contribution in [1.82, 2.24) is 15.6 Å². The topological polar surface area (TPSA) is 141 Å². The molecule has 0 unspecified atom stereocenters. The van der Waals surface area contributed by atoms with Gasteiger partial charge in [0, 0.05) is 29.9 Å². The number of rotatable bonds is 10. The lowest BCUT2D eigenvalue weighted by atomic mass is 10.0. The fourth-order valence-electron chi connectivity index (χ4n) is 3.98. The number of ether oxygens (including phenoxy) is 1. The van der Waals surface area contributed by atoms with Crippen LogP contribution in [-0.4, -0.2) is 45.3 Å². The van der Waals surface area contributed by atoms with Gasteiger partial charge >= 0.3 is 12.1 Å². The van der Waals surface area contributed by atoms with Crippen molar-refractivity contribution < 1.29 is 29.3 Å². The first-order valence-electron chi connectivity index (χ1n) is 11.7. The first-order chi connectivity index (χ1) is 17.9. The van der Waals surface area contributed by atoms with Crippen LogP contribution in [-0.2, 0) is 33.8 Å². The van der Waals surface area contributed by atoms with E-state index in [1.54, 1.807) is 18.3 Å². The maximum Gasteiger partial charge on any atom is 0.408 e. The molecule has 0 aliphatic rings. The molecule has 9 nitrogen and oxygen atoms in total. The van der Waals surface area contributed by atoms with Gasteiger partial charge in [0.25, 0.3) is 0 Å². The summed E-state index contributed by atoms with van der Waals surface area (Å²) in [5, 5.41) is 25.2. The fourth-order valence-corrected chi connectivity index (χ4v) is 3.98. The molecule has 2 amide bonds. The average molecular weight is 502 g/mol. The van der Waals surface area contributed by atoms with Crippen molar-refractivity contribution >= 4 is 28.9 Å². The van der Waals surface area contributed by atoms with E-state index in [0.717, 1.165) is 22.0 Å². The molecule has 190 valence electrons. The van der Waals surface area contributed by atoms with Crippen LogP contribution in [0, 0.1) is 0 Å². The van der Waals surface area contributed by atoms with E-state index in [2.05, 4.69) is 15.6 Å². The third-order valence-corrected chi connectivity index (χ3v) is 5.91. The van der Waals surface area contributed by atoms with Gasteiger partial charge in [0.1, 0.15) is 24.4 Å². The molecular formula is C28H27N3O6. The Kier molecular flexibility index (Phi) is 8.05. The summed E-state index contributed by atoms with van der Waals surface area (Å²) in [6, 6.07) is 20.4. The Morgan fingerprint density at radius 3 is 2.24 bits per heavy atom. The van der Waals surface area contributed by atoms with E-state index in [9.17, 15) is 24.6 Å². The normalized spacial score (nSPS) is 12.4. The van der Waals surface area contributed by atoms with E-state index >= 15 is 0 Å². The van der Waals surface area contributed by atoms with Gasteiger partial charge in [-0.1, -0.05) is 60.7 Å². The number of carboxylic acid groups (broad SMARTS) is 1. The molecule has 0 aliphatic carbocycles. The van der Waals surface area contributed by atoms with Crippen LogP contribution < -0.4 is 10.6 Å². The number of fused-ring (bicyclic) bond motifs is 1. The smallest absolute Gasteiger partial charge is 0.408 e. The first kappa shape index (κ1) is 25.3. The molecule has 0 spiro atoms. The van der Waals surface area contributed by atoms with Crippen molar-refractivity contribution in [3.8, 4) is 5.75 Å². The SMILES string of the molecule is O=C(N[C@@H](Cc1c[nH]c2ccccc12)C(=O)N[C@@H](Cc1ccc(O)cc1)C(=O)O)OCc1ccccc1. The number of phenolic OH excluding ortho intramolecular Hbond substituents is 1. The van der Waals surface area contributed by atoms with Gasteiger partial charge < -0.3 is 30.6 Å². The van der Waals surface area contributed by atoms with Crippen molar-refractivity contribution in [2.75, 3.05) is 0 Å². The summed E-state index contributed by atoms with van der Waals surface area (Å²) in [5.74, 6) is -1.83. The quantitative estimate of drug-likeness (QED) is 0.225. The number of amides is 2. The third kappa shape index (κ3) is 6.88. The molecule has 0 radical (unpaired) electrons. The zero-order chi connectivity index (χ0) is 26.2. The molecule has 4 aromatic rings. The van der Waals surface area contributed by atoms with Crippen LogP contribution in [0.25, 0.3) is 10.9 Å². The summed E-state index contributed by atoms with van der Waals surface area (Å²) in [6.45, 7) is 0.0205. The standard InChI is InChI=1S/C28H27N3O6/c32-21-12-10-18(11-13-21)14-25(27(34)35)30-26(33)24(15-20-16-29-23-9-5-4-8-22(20)23)31-28(36)37-17-19-6-2-1-3-7-19/h1-13,16,24-25,29,32H,14-15,17H2,(H,30,33)(H,31,36)(H,34,35)/t24-,25-/m0/s1. The minimum atomic E-state index is -1.25. The zero-order valence-corrected chi connectivity index (χ0v) is 19.9. The number of benzene rings is 3. The number of carbonyl (C=O) groups excluding carboxylic acids is 2. The van der Waals surface area contributed by atoms with Crippen LogP contribution >= 0.6 is 0 Å². The Morgan fingerprint density at radius 1 is 0.811 bits per heavy atom. The van der Waals surface area contributed by atoms with Gasteiger partial charge in [-0.25, -0.2) is 9.59 Å². The second kappa shape index (κ2) is 11.8. The van der Waals surface area contributed by atoms with E-state index in [4.69, 9.17) is 4.74 Å². The predicted octanol–water partition coefficient (Wildman–Crippen LogP) is 3.52. The van der Waals surface area contributed by atoms with Crippen molar-refractivity contribution in [2.45, 2.75) is 31.5 Å². The Bertz CT molecular complexity index is 1370. The number of hydrogen-bond donors (Lipinski definition) is 5. The third-order valence-electron chi connectivity index (χ3n) is 5.91. The number of para-hydroxylation sites is 1. The minimum absolute atomic E-state index is 0.000385. The highest BCUT2D eigenvalue weighted by Gasteiger charge is 2.28. The second-order valence-corrected chi connectivity index (χ2v) is 8.59. The number of aliphatic carboxylic acids is 1. The van der Waals surface area contributed by atoms with E-state index in [0.29, 0.717) is 5.56 Å². The van der Waals surface area contributed by atoms with Gasteiger partial charge in [-0.3, -0.25) is 4.79 Å². The summed E-state index contributed by atoms with van der Waals surface area (Å²) in [6.07, 6.45) is 1.07. The number of nitrogens with one attached hydrogen (secondary N) is 3. The van der Waals surface area contributed by atoms with Crippen LogP contribution in [0.1, 0.15) is 16.7 Å². The van der Waals surface area contributed by atoms with Gasteiger partial charge in [-0.15, -0.1) is 0 Å². The first-order valence-corrected chi connectivity index (χ1v) is 11.7. The summed E-state index contributed by atoms with van der Waals surface area (Å²) >= 11 is 0. The Hall–Kier alpha value is -4.79. The molecule has 0 saturated carbocycles. The maximum atomic E-state index is 13.3. The zero-order valence-electron chi connectivity index (χ0n) is 19.9. The number of aromatic nitrogens is 1. The van der Waals surface area contributed by atoms with Crippen LogP contribution in [0.2, 0.25) is 0 Å². The fraction of sp³-hybridized carbons (Fsp3) is 0.179. The average Bonchev–Trinajstić information content (AvgIpc) is 3.31. The highest BCUT2D eigenvalue weighted by atomic mass is 16.5. The monoisotopic (exact) mass is 501 g/mol. The lowest BCUT2D eigenvalue weighted by Crippen LogP contribution is -2.53. The summed E-state index contributed by atoms with van der Waals surface area (Å²) in [7, 11) is 0. The molecule has 1 aromatic heterocycles. The van der Waals surface area contributed by atoms with Crippen LogP contribution in [0.4, 0.5) is 4.79 Å². The molecule has 2 atom stereocenters. The number of carbonyl (C=O) groups is 3. The Morgan fingerprint density at radius 2 is 1.51 bits per heavy atom. The lowest BCUT2D eigenvalue weighted by Gasteiger charge is -2.21. The molecule has 9 heteroatoms. The number of aromatic hydroxyl groups is 1. The highest BCUT2D eigenvalue weighted by molar-refractivity contribution is 5.91. The molecule has 4 rings (SSSR count). The van der Waals surface area contributed by atoms with Crippen molar-refractivity contribution in [3.05, 3.63) is 102 Å². The summed E-state index contributed by atoms with van der Waals surface area (Å²) < 4.78 is 5.30. The van der Waals surface area contributed by atoms with E-state index in [1.165, 1.54) is 12.1 Å². The van der Waals surface area contributed by atoms with Gasteiger partial charge in [-0.2, -0.15) is 0 Å². The van der Waals surface area contributed by atoms with Gasteiger partial charge in [0.2, 0.25) is 5.91 Å². The molecule has 0 fully saturated rings. The largest absolute Gasteiger partial charge is 0.508 e. The summed E-state index contributed by atoms with van der Waals surface area (Å²) in [4.78, 5) is 40.9. The van der Waals surface area contributed by atoms with Gasteiger partial charge in [0.15, 0.2) is 0 Å². The summed E-state index contributed by atoms with van der Waals surface area (Å²) in [5.41, 5.74) is 3.06. The molecule has 3 aromatic carbocycles. The van der Waals surface area contributed by atoms with Gasteiger partial charge in [0.05, 0.1) is 0 Å². The van der Waals surface area contributed by atoms with Crippen LogP contribution in [0.15, 0.2) is 85.1 Å². The van der Waals surface area contributed by atoms with E-state index in [1.807, 2.05) is 54.6 Å². The van der Waals surface area contributed by atoms with Crippen molar-refractivity contribution in [1.29, 1.82) is 0 Å². The van der Waals surface area contributed by atoms with Crippen LogP contribution in [0.5, 0.6) is 5.75 Å². The Balaban J connectivity index is 1.50. The molecular weight excluding hydrogens is 474 g/mol. The molecule has 37 heavy (non-hydrogen) atoms. The van der Waals surface area contributed by atoms with E-state index < -0.39 is 30.1 Å². The van der Waals surface area contributed by atoms with Crippen LogP contribution in [0.3, 0.4) is 0 Å². The number of carboxylic acids is 1. The number of phenols is 1. The second-order valence-electron chi connectivity index (χ2n) is 8.59. The molecule has 0 bridgehead atoms. The van der Waals surface area contributed by atoms with E-state index in [-0.39, 0.29) is 25.2 Å². The van der Waals surface area contributed by atoms with Gasteiger partial charge in [-0.05, 0) is 34.9 Å². The Labute approximate surface area is 213 Å². The lowest BCUT2D eigenvalue weighted by molar-refractivity contribution is -0.142. The predicted molar refractivity (Wildman–Crippen MR) is 137 cm³/mol. The highest BCUT2D eigenvalue weighted by Crippen LogP contribution is 2.19. The molecule has 0 aliphatic heterocycles. The maximum absolute atomic E-state index is 13.3. The number of aromatic amines is 1.